The van der Waals surface area contributed by atoms with Crippen LogP contribution in [0.4, 0.5) is 0 Å². The molecular weight excluding hydrogens is 354 g/mol. The van der Waals surface area contributed by atoms with E-state index in [1.54, 1.807) is 0 Å². The fourth-order valence-electron chi connectivity index (χ4n) is 2.65. The van der Waals surface area contributed by atoms with Crippen molar-refractivity contribution in [1.29, 1.82) is 0 Å². The lowest BCUT2D eigenvalue weighted by Crippen LogP contribution is -2.13. The van der Waals surface area contributed by atoms with Crippen molar-refractivity contribution in [3.63, 3.8) is 0 Å². The topological polar surface area (TPSA) is 56.5 Å². The maximum atomic E-state index is 12.6. The molecule has 4 rings (SSSR count). The molecule has 4 aromatic rings. The molecule has 0 aliphatic carbocycles. The normalized spacial score (nSPS) is 12.2. The average Bonchev–Trinajstić information content (AvgIpc) is 3.18. The molecule has 0 fully saturated rings. The summed E-state index contributed by atoms with van der Waals surface area (Å²) in [4.78, 5) is 21.9. The van der Waals surface area contributed by atoms with E-state index in [0.717, 1.165) is 26.2 Å². The van der Waals surface area contributed by atoms with Gasteiger partial charge in [-0.15, -0.1) is 11.3 Å². The molecule has 0 saturated carbocycles. The summed E-state index contributed by atoms with van der Waals surface area (Å²) >= 11 is 2.83. The molecule has 126 valence electrons. The van der Waals surface area contributed by atoms with E-state index in [0.29, 0.717) is 16.4 Å². The summed E-state index contributed by atoms with van der Waals surface area (Å²) in [5.74, 6) is 0.481. The number of hydrogen-bond acceptors (Lipinski definition) is 5. The van der Waals surface area contributed by atoms with Gasteiger partial charge in [-0.25, -0.2) is 4.98 Å². The Hall–Kier alpha value is -2.51. The summed E-state index contributed by atoms with van der Waals surface area (Å²) in [5, 5.41) is 0.406. The molecule has 2 aromatic heterocycles. The number of benzene rings is 2. The van der Waals surface area contributed by atoms with E-state index in [1.165, 1.54) is 22.7 Å². The quantitative estimate of drug-likeness (QED) is 0.549. The standard InChI is InChI=1S/C18H15N3O2S2/c1-3-23-12-8-6-10-14-15(12)21(2)18(25-14)20-16(22)17-19-11-7-4-5-9-13(11)24-17/h4-10H,3H2,1-2H3. The molecule has 1 amide bonds. The molecule has 7 heteroatoms. The number of nitrogens with zero attached hydrogens (tertiary/aromatic N) is 3. The Morgan fingerprint density at radius 2 is 1.96 bits per heavy atom. The number of fused-ring (bicyclic) bond motifs is 2. The van der Waals surface area contributed by atoms with Crippen LogP contribution >= 0.6 is 22.7 Å². The number of thiazole rings is 2. The van der Waals surface area contributed by atoms with E-state index < -0.39 is 0 Å². The van der Waals surface area contributed by atoms with Gasteiger partial charge in [-0.1, -0.05) is 29.5 Å². The van der Waals surface area contributed by atoms with E-state index >= 15 is 0 Å². The Balaban J connectivity index is 1.81. The van der Waals surface area contributed by atoms with E-state index in [-0.39, 0.29) is 5.91 Å². The molecule has 0 N–H and O–H groups in total. The predicted octanol–water partition coefficient (Wildman–Crippen LogP) is 3.99. The number of carbonyl (C=O) groups is 1. The summed E-state index contributed by atoms with van der Waals surface area (Å²) in [5.41, 5.74) is 1.77. The molecule has 2 heterocycles. The van der Waals surface area contributed by atoms with Crippen molar-refractivity contribution in [2.45, 2.75) is 6.92 Å². The van der Waals surface area contributed by atoms with Crippen molar-refractivity contribution in [3.05, 3.63) is 52.3 Å². The van der Waals surface area contributed by atoms with Gasteiger partial charge in [0.15, 0.2) is 9.81 Å². The minimum Gasteiger partial charge on any atom is -0.492 e. The molecule has 0 radical (unpaired) electrons. The minimum atomic E-state index is -0.318. The maximum Gasteiger partial charge on any atom is 0.308 e. The second kappa shape index (κ2) is 6.42. The number of para-hydroxylation sites is 2. The first kappa shape index (κ1) is 16.0. The third-order valence-corrected chi connectivity index (χ3v) is 5.88. The van der Waals surface area contributed by atoms with Crippen LogP contribution in [0.15, 0.2) is 47.5 Å². The van der Waals surface area contributed by atoms with Crippen molar-refractivity contribution >= 4 is 49.0 Å². The Bertz CT molecular complexity index is 1120. The summed E-state index contributed by atoms with van der Waals surface area (Å²) in [6.07, 6.45) is 0. The Labute approximate surface area is 151 Å². The van der Waals surface area contributed by atoms with Gasteiger partial charge < -0.3 is 9.30 Å². The van der Waals surface area contributed by atoms with Gasteiger partial charge in [-0.2, -0.15) is 4.99 Å². The molecular formula is C18H15N3O2S2. The highest BCUT2D eigenvalue weighted by Crippen LogP contribution is 2.27. The molecule has 0 aliphatic heterocycles. The number of ether oxygens (including phenoxy) is 1. The second-order valence-electron chi connectivity index (χ2n) is 5.38. The summed E-state index contributed by atoms with van der Waals surface area (Å²) in [7, 11) is 1.89. The van der Waals surface area contributed by atoms with Gasteiger partial charge in [0, 0.05) is 7.05 Å². The van der Waals surface area contributed by atoms with Crippen LogP contribution < -0.4 is 9.54 Å². The van der Waals surface area contributed by atoms with Crippen LogP contribution in [0.2, 0.25) is 0 Å². The zero-order valence-electron chi connectivity index (χ0n) is 13.7. The van der Waals surface area contributed by atoms with Crippen molar-refractivity contribution in [3.8, 4) is 5.75 Å². The molecule has 0 atom stereocenters. The van der Waals surface area contributed by atoms with Crippen LogP contribution in [0.3, 0.4) is 0 Å². The van der Waals surface area contributed by atoms with Crippen molar-refractivity contribution < 1.29 is 9.53 Å². The van der Waals surface area contributed by atoms with Gasteiger partial charge in [-0.05, 0) is 31.2 Å². The molecule has 0 spiro atoms. The minimum absolute atomic E-state index is 0.318. The maximum absolute atomic E-state index is 12.6. The fourth-order valence-corrected chi connectivity index (χ4v) is 4.53. The highest BCUT2D eigenvalue weighted by Gasteiger charge is 2.13. The molecule has 2 aromatic carbocycles. The molecule has 25 heavy (non-hydrogen) atoms. The van der Waals surface area contributed by atoms with E-state index in [2.05, 4.69) is 9.98 Å². The van der Waals surface area contributed by atoms with Crippen molar-refractivity contribution in [2.24, 2.45) is 12.0 Å². The predicted molar refractivity (Wildman–Crippen MR) is 101 cm³/mol. The molecule has 5 nitrogen and oxygen atoms in total. The smallest absolute Gasteiger partial charge is 0.308 e. The van der Waals surface area contributed by atoms with E-state index in [9.17, 15) is 4.79 Å². The number of rotatable bonds is 3. The first-order valence-corrected chi connectivity index (χ1v) is 9.46. The van der Waals surface area contributed by atoms with E-state index in [1.807, 2.05) is 61.0 Å². The second-order valence-corrected chi connectivity index (χ2v) is 7.42. The fraction of sp³-hybridized carbons (Fsp3) is 0.167. The highest BCUT2D eigenvalue weighted by molar-refractivity contribution is 7.20. The zero-order chi connectivity index (χ0) is 17.4. The SMILES string of the molecule is CCOc1cccc2sc(=NC(=O)c3nc4ccccc4s3)n(C)c12. The van der Waals surface area contributed by atoms with Crippen LogP contribution in [-0.4, -0.2) is 22.1 Å². The number of aromatic nitrogens is 2. The highest BCUT2D eigenvalue weighted by atomic mass is 32.1. The number of amides is 1. The van der Waals surface area contributed by atoms with Crippen molar-refractivity contribution in [1.82, 2.24) is 9.55 Å². The van der Waals surface area contributed by atoms with Gasteiger partial charge in [0.05, 0.1) is 21.5 Å². The lowest BCUT2D eigenvalue weighted by molar-refractivity contribution is 0.0997. The van der Waals surface area contributed by atoms with Crippen molar-refractivity contribution in [2.75, 3.05) is 6.61 Å². The van der Waals surface area contributed by atoms with Gasteiger partial charge in [0.25, 0.3) is 0 Å². The Morgan fingerprint density at radius 1 is 1.16 bits per heavy atom. The first-order chi connectivity index (χ1) is 12.2. The summed E-state index contributed by atoms with van der Waals surface area (Å²) in [6.45, 7) is 2.54. The van der Waals surface area contributed by atoms with E-state index in [4.69, 9.17) is 4.74 Å². The zero-order valence-corrected chi connectivity index (χ0v) is 15.4. The molecule has 0 bridgehead atoms. The van der Waals surface area contributed by atoms with Crippen LogP contribution in [0.25, 0.3) is 20.4 Å². The van der Waals surface area contributed by atoms with Crippen LogP contribution in [0.1, 0.15) is 16.7 Å². The monoisotopic (exact) mass is 369 g/mol. The van der Waals surface area contributed by atoms with Gasteiger partial charge in [0.2, 0.25) is 0 Å². The number of aryl methyl sites for hydroxylation is 1. The molecule has 0 aliphatic rings. The molecule has 0 unspecified atom stereocenters. The van der Waals surface area contributed by atoms with Crippen LogP contribution in [0, 0.1) is 0 Å². The summed E-state index contributed by atoms with van der Waals surface area (Å²) in [6, 6.07) is 13.6. The largest absolute Gasteiger partial charge is 0.492 e. The van der Waals surface area contributed by atoms with Crippen LogP contribution in [0.5, 0.6) is 5.75 Å². The van der Waals surface area contributed by atoms with Gasteiger partial charge in [-0.3, -0.25) is 4.79 Å². The Morgan fingerprint density at radius 3 is 2.76 bits per heavy atom. The van der Waals surface area contributed by atoms with Gasteiger partial charge in [0.1, 0.15) is 11.3 Å². The van der Waals surface area contributed by atoms with Crippen LogP contribution in [-0.2, 0) is 7.05 Å². The molecule has 0 saturated heterocycles. The lowest BCUT2D eigenvalue weighted by atomic mass is 10.3. The summed E-state index contributed by atoms with van der Waals surface area (Å²) < 4.78 is 9.61. The third kappa shape index (κ3) is 2.85. The van der Waals surface area contributed by atoms with Gasteiger partial charge >= 0.3 is 5.91 Å². The third-order valence-electron chi connectivity index (χ3n) is 3.76. The number of hydrogen-bond donors (Lipinski definition) is 0. The first-order valence-electron chi connectivity index (χ1n) is 7.83. The number of carbonyl (C=O) groups excluding carboxylic acids is 1. The lowest BCUT2D eigenvalue weighted by Gasteiger charge is -2.05. The Kier molecular flexibility index (Phi) is 4.10. The average molecular weight is 369 g/mol.